The average molecular weight is 281 g/mol. The van der Waals surface area contributed by atoms with Gasteiger partial charge in [0.05, 0.1) is 18.2 Å². The quantitative estimate of drug-likeness (QED) is 0.834. The molecule has 1 rings (SSSR count). The molecule has 1 aromatic rings. The maximum Gasteiger partial charge on any atom is 0.310 e. The highest BCUT2D eigenvalue weighted by atomic mass is 16.4. The first kappa shape index (κ1) is 16.3. The molecule has 0 aliphatic heterocycles. The summed E-state index contributed by atoms with van der Waals surface area (Å²) < 4.78 is 5.23. The highest BCUT2D eigenvalue weighted by Crippen LogP contribution is 2.32. The normalized spacial score (nSPS) is 14.1. The van der Waals surface area contributed by atoms with Gasteiger partial charge >= 0.3 is 5.97 Å². The standard InChI is InChI=1S/C15H23NO4/c1-5-16(10-12-7-6-8-20-12)13(17)9-15(4,11(2)3)14(18)19/h6-8,11H,5,9-10H2,1-4H3,(H,18,19). The molecule has 0 aliphatic rings. The average Bonchev–Trinajstić information content (AvgIpc) is 2.87. The predicted molar refractivity (Wildman–Crippen MR) is 75.0 cm³/mol. The molecule has 0 radical (unpaired) electrons. The first-order chi connectivity index (χ1) is 9.31. The number of hydrogen-bond acceptors (Lipinski definition) is 3. The Hall–Kier alpha value is -1.78. The maximum absolute atomic E-state index is 12.3. The number of amides is 1. The molecule has 0 bridgehead atoms. The Balaban J connectivity index is 2.78. The van der Waals surface area contributed by atoms with Crippen molar-refractivity contribution >= 4 is 11.9 Å². The van der Waals surface area contributed by atoms with Gasteiger partial charge < -0.3 is 14.4 Å². The molecule has 0 aromatic carbocycles. The second-order valence-electron chi connectivity index (χ2n) is 5.54. The highest BCUT2D eigenvalue weighted by Gasteiger charge is 2.39. The summed E-state index contributed by atoms with van der Waals surface area (Å²) in [5.74, 6) is -0.523. The lowest BCUT2D eigenvalue weighted by Gasteiger charge is -2.31. The Morgan fingerprint density at radius 1 is 1.45 bits per heavy atom. The Morgan fingerprint density at radius 3 is 2.50 bits per heavy atom. The molecule has 20 heavy (non-hydrogen) atoms. The number of carboxylic acids is 1. The molecule has 112 valence electrons. The van der Waals surface area contributed by atoms with Crippen LogP contribution in [-0.4, -0.2) is 28.4 Å². The van der Waals surface area contributed by atoms with Crippen molar-refractivity contribution < 1.29 is 19.1 Å². The summed E-state index contributed by atoms with van der Waals surface area (Å²) in [5, 5.41) is 9.37. The molecule has 0 saturated carbocycles. The minimum Gasteiger partial charge on any atom is -0.481 e. The SMILES string of the molecule is CCN(Cc1ccco1)C(=O)CC(C)(C(=O)O)C(C)C. The fourth-order valence-electron chi connectivity index (χ4n) is 1.92. The van der Waals surface area contributed by atoms with Crippen LogP contribution in [0, 0.1) is 11.3 Å². The van der Waals surface area contributed by atoms with Gasteiger partial charge in [0, 0.05) is 13.0 Å². The topological polar surface area (TPSA) is 70.8 Å². The van der Waals surface area contributed by atoms with Gasteiger partial charge in [0.2, 0.25) is 5.91 Å². The zero-order valence-corrected chi connectivity index (χ0v) is 12.5. The van der Waals surface area contributed by atoms with Crippen molar-refractivity contribution in [2.75, 3.05) is 6.54 Å². The van der Waals surface area contributed by atoms with E-state index in [-0.39, 0.29) is 18.2 Å². The number of carbonyl (C=O) groups is 2. The second-order valence-corrected chi connectivity index (χ2v) is 5.54. The molecule has 0 spiro atoms. The zero-order chi connectivity index (χ0) is 15.3. The number of rotatable bonds is 7. The van der Waals surface area contributed by atoms with E-state index in [2.05, 4.69) is 0 Å². The van der Waals surface area contributed by atoms with E-state index in [1.54, 1.807) is 30.2 Å². The third-order valence-corrected chi connectivity index (χ3v) is 3.94. The molecule has 5 heteroatoms. The van der Waals surface area contributed by atoms with E-state index in [9.17, 15) is 14.7 Å². The summed E-state index contributed by atoms with van der Waals surface area (Å²) in [4.78, 5) is 25.4. The van der Waals surface area contributed by atoms with Gasteiger partial charge in [-0.15, -0.1) is 0 Å². The van der Waals surface area contributed by atoms with Gasteiger partial charge in [-0.1, -0.05) is 13.8 Å². The smallest absolute Gasteiger partial charge is 0.310 e. The van der Waals surface area contributed by atoms with Crippen LogP contribution >= 0.6 is 0 Å². The summed E-state index contributed by atoms with van der Waals surface area (Å²) in [6.07, 6.45) is 1.55. The highest BCUT2D eigenvalue weighted by molar-refractivity contribution is 5.84. The minimum atomic E-state index is -1.05. The lowest BCUT2D eigenvalue weighted by molar-refractivity contribution is -0.155. The molecule has 0 aliphatic carbocycles. The van der Waals surface area contributed by atoms with Gasteiger partial charge in [0.25, 0.3) is 0 Å². The van der Waals surface area contributed by atoms with Crippen LogP contribution in [0.1, 0.15) is 39.9 Å². The van der Waals surface area contributed by atoms with Crippen LogP contribution in [0.3, 0.4) is 0 Å². The number of carboxylic acid groups (broad SMARTS) is 1. The van der Waals surface area contributed by atoms with E-state index >= 15 is 0 Å². The Bertz CT molecular complexity index is 452. The van der Waals surface area contributed by atoms with E-state index in [1.807, 2.05) is 20.8 Å². The summed E-state index contributed by atoms with van der Waals surface area (Å²) >= 11 is 0. The monoisotopic (exact) mass is 281 g/mol. The van der Waals surface area contributed by atoms with Crippen molar-refractivity contribution in [2.24, 2.45) is 11.3 Å². The molecule has 5 nitrogen and oxygen atoms in total. The first-order valence-corrected chi connectivity index (χ1v) is 6.84. The molecule has 0 saturated heterocycles. The molecule has 1 atom stereocenters. The van der Waals surface area contributed by atoms with Crippen molar-refractivity contribution in [3.63, 3.8) is 0 Å². The Kier molecular flexibility index (Phi) is 5.36. The van der Waals surface area contributed by atoms with Crippen LogP contribution in [0.25, 0.3) is 0 Å². The van der Waals surface area contributed by atoms with Crippen molar-refractivity contribution in [3.8, 4) is 0 Å². The van der Waals surface area contributed by atoms with Crippen LogP contribution in [0.2, 0.25) is 0 Å². The predicted octanol–water partition coefficient (Wildman–Crippen LogP) is 2.77. The fraction of sp³-hybridized carbons (Fsp3) is 0.600. The van der Waals surface area contributed by atoms with Gasteiger partial charge in [0.15, 0.2) is 0 Å². The van der Waals surface area contributed by atoms with E-state index in [4.69, 9.17) is 4.42 Å². The molecular weight excluding hydrogens is 258 g/mol. The van der Waals surface area contributed by atoms with Crippen molar-refractivity contribution in [1.29, 1.82) is 0 Å². The molecule has 1 N–H and O–H groups in total. The number of nitrogens with zero attached hydrogens (tertiary/aromatic N) is 1. The van der Waals surface area contributed by atoms with Gasteiger partial charge in [-0.25, -0.2) is 0 Å². The van der Waals surface area contributed by atoms with Crippen molar-refractivity contribution in [1.82, 2.24) is 4.90 Å². The van der Waals surface area contributed by atoms with Gasteiger partial charge in [-0.05, 0) is 31.9 Å². The fourth-order valence-corrected chi connectivity index (χ4v) is 1.92. The lowest BCUT2D eigenvalue weighted by atomic mass is 9.76. The van der Waals surface area contributed by atoms with Gasteiger partial charge in [-0.2, -0.15) is 0 Å². The summed E-state index contributed by atoms with van der Waals surface area (Å²) in [7, 11) is 0. The Labute approximate surface area is 119 Å². The third-order valence-electron chi connectivity index (χ3n) is 3.94. The molecule has 1 unspecified atom stereocenters. The summed E-state index contributed by atoms with van der Waals surface area (Å²) in [6.45, 7) is 8.03. The number of hydrogen-bond donors (Lipinski definition) is 1. The largest absolute Gasteiger partial charge is 0.481 e. The molecular formula is C15H23NO4. The first-order valence-electron chi connectivity index (χ1n) is 6.84. The van der Waals surface area contributed by atoms with E-state index in [1.165, 1.54) is 0 Å². The second kappa shape index (κ2) is 6.59. The van der Waals surface area contributed by atoms with Crippen LogP contribution < -0.4 is 0 Å². The number of furan rings is 1. The van der Waals surface area contributed by atoms with Gasteiger partial charge in [-0.3, -0.25) is 9.59 Å². The molecule has 0 fully saturated rings. The molecule has 1 aromatic heterocycles. The molecule has 1 amide bonds. The number of aliphatic carboxylic acids is 1. The van der Waals surface area contributed by atoms with Crippen LogP contribution in [-0.2, 0) is 16.1 Å². The van der Waals surface area contributed by atoms with Crippen molar-refractivity contribution in [3.05, 3.63) is 24.2 Å². The van der Waals surface area contributed by atoms with E-state index in [0.717, 1.165) is 0 Å². The van der Waals surface area contributed by atoms with Crippen LogP contribution in [0.4, 0.5) is 0 Å². The summed E-state index contributed by atoms with van der Waals surface area (Å²) in [5.41, 5.74) is -1.05. The number of carbonyl (C=O) groups excluding carboxylic acids is 1. The molecule has 1 heterocycles. The maximum atomic E-state index is 12.3. The van der Waals surface area contributed by atoms with Gasteiger partial charge in [0.1, 0.15) is 5.76 Å². The zero-order valence-electron chi connectivity index (χ0n) is 12.5. The minimum absolute atomic E-state index is 0.00541. The van der Waals surface area contributed by atoms with E-state index in [0.29, 0.717) is 18.8 Å². The van der Waals surface area contributed by atoms with Crippen molar-refractivity contribution in [2.45, 2.75) is 40.7 Å². The third kappa shape index (κ3) is 3.62. The lowest BCUT2D eigenvalue weighted by Crippen LogP contribution is -2.40. The van der Waals surface area contributed by atoms with Crippen LogP contribution in [0.5, 0.6) is 0 Å². The Morgan fingerprint density at radius 2 is 2.10 bits per heavy atom. The van der Waals surface area contributed by atoms with E-state index < -0.39 is 11.4 Å². The van der Waals surface area contributed by atoms with Crippen LogP contribution in [0.15, 0.2) is 22.8 Å². The summed E-state index contributed by atoms with van der Waals surface area (Å²) in [6, 6.07) is 3.57.